The van der Waals surface area contributed by atoms with Gasteiger partial charge in [-0.15, -0.1) is 22.7 Å². The van der Waals surface area contributed by atoms with Crippen LogP contribution in [0.4, 0.5) is 4.39 Å². The van der Waals surface area contributed by atoms with E-state index < -0.39 is 0 Å². The molecule has 0 amide bonds. The molecule has 0 aliphatic carbocycles. The molecule has 1 unspecified atom stereocenters. The fraction of sp³-hybridized carbons (Fsp3) is 0.143. The zero-order valence-electron chi connectivity index (χ0n) is 9.90. The van der Waals surface area contributed by atoms with E-state index in [1.54, 1.807) is 34.8 Å². The molecule has 2 N–H and O–H groups in total. The number of rotatable bonds is 3. The van der Waals surface area contributed by atoms with Crippen molar-refractivity contribution in [1.29, 1.82) is 0 Å². The number of nitrogens with two attached hydrogens (primary N) is 1. The maximum atomic E-state index is 13.2. The second-order valence-electron chi connectivity index (χ2n) is 4.36. The van der Waals surface area contributed by atoms with Crippen molar-refractivity contribution < 1.29 is 4.39 Å². The molecule has 2 aromatic heterocycles. The van der Waals surface area contributed by atoms with Crippen LogP contribution in [-0.2, 0) is 6.42 Å². The van der Waals surface area contributed by atoms with Gasteiger partial charge in [-0.2, -0.15) is 0 Å². The number of thiophene rings is 2. The average Bonchev–Trinajstić information content (AvgIpc) is 2.94. The van der Waals surface area contributed by atoms with Crippen molar-refractivity contribution >= 4 is 48.0 Å². The largest absolute Gasteiger partial charge is 0.323 e. The molecule has 0 spiro atoms. The van der Waals surface area contributed by atoms with Crippen molar-refractivity contribution in [3.63, 3.8) is 0 Å². The van der Waals surface area contributed by atoms with Crippen LogP contribution in [0.5, 0.6) is 0 Å². The van der Waals surface area contributed by atoms with Crippen molar-refractivity contribution in [1.82, 2.24) is 0 Å². The maximum absolute atomic E-state index is 13.2. The van der Waals surface area contributed by atoms with Gasteiger partial charge in [0.05, 0.1) is 4.47 Å². The van der Waals surface area contributed by atoms with Crippen LogP contribution in [0.1, 0.15) is 16.5 Å². The Balaban J connectivity index is 1.82. The zero-order chi connectivity index (χ0) is 13.4. The second kappa shape index (κ2) is 5.32. The number of hydrogen-bond donors (Lipinski definition) is 1. The minimum absolute atomic E-state index is 0.0399. The molecule has 1 aromatic carbocycles. The third kappa shape index (κ3) is 2.74. The van der Waals surface area contributed by atoms with Crippen LogP contribution < -0.4 is 5.73 Å². The Bertz CT molecular complexity index is 691. The smallest absolute Gasteiger partial charge is 0.137 e. The number of halogens is 2. The van der Waals surface area contributed by atoms with Crippen LogP contribution in [0, 0.1) is 5.82 Å². The molecule has 0 bridgehead atoms. The summed E-state index contributed by atoms with van der Waals surface area (Å²) in [6.07, 6.45) is 0.715. The van der Waals surface area contributed by atoms with Gasteiger partial charge in [0.15, 0.2) is 0 Å². The Morgan fingerprint density at radius 2 is 2.05 bits per heavy atom. The van der Waals surface area contributed by atoms with Crippen LogP contribution >= 0.6 is 38.6 Å². The third-order valence-corrected chi connectivity index (χ3v) is 5.80. The molecule has 0 fully saturated rings. The molecule has 0 aliphatic rings. The molecule has 2 heterocycles. The van der Waals surface area contributed by atoms with Crippen LogP contribution in [-0.4, -0.2) is 0 Å². The molecule has 98 valence electrons. The van der Waals surface area contributed by atoms with Crippen molar-refractivity contribution in [3.8, 4) is 0 Å². The fourth-order valence-electron chi connectivity index (χ4n) is 1.99. The predicted octanol–water partition coefficient (Wildman–Crippen LogP) is 5.11. The molecule has 1 nitrogen and oxygen atoms in total. The van der Waals surface area contributed by atoms with Gasteiger partial charge in [0.25, 0.3) is 0 Å². The van der Waals surface area contributed by atoms with Gasteiger partial charge in [-0.25, -0.2) is 4.39 Å². The third-order valence-electron chi connectivity index (χ3n) is 2.96. The van der Waals surface area contributed by atoms with Crippen molar-refractivity contribution in [2.24, 2.45) is 5.73 Å². The van der Waals surface area contributed by atoms with Crippen molar-refractivity contribution in [2.45, 2.75) is 12.5 Å². The lowest BCUT2D eigenvalue weighted by Crippen LogP contribution is -2.11. The topological polar surface area (TPSA) is 26.0 Å². The minimum Gasteiger partial charge on any atom is -0.323 e. The van der Waals surface area contributed by atoms with Crippen LogP contribution in [0.3, 0.4) is 0 Å². The van der Waals surface area contributed by atoms with Crippen LogP contribution in [0.2, 0.25) is 0 Å². The Kier molecular flexibility index (Phi) is 3.71. The Labute approximate surface area is 127 Å². The van der Waals surface area contributed by atoms with Crippen molar-refractivity contribution in [2.75, 3.05) is 0 Å². The standard InChI is InChI=1S/C14H11BrFNS2/c15-9-5-8(1-2-10(9)16)6-11(17)13-7-14-12(19-13)3-4-18-14/h1-5,7,11H,6,17H2. The van der Waals surface area contributed by atoms with Gasteiger partial charge in [0, 0.05) is 20.3 Å². The van der Waals surface area contributed by atoms with Gasteiger partial charge in [-0.3, -0.25) is 0 Å². The first-order chi connectivity index (χ1) is 9.13. The van der Waals surface area contributed by atoms with Crippen LogP contribution in [0.25, 0.3) is 9.40 Å². The monoisotopic (exact) mass is 355 g/mol. The molecule has 19 heavy (non-hydrogen) atoms. The molecule has 3 rings (SSSR count). The summed E-state index contributed by atoms with van der Waals surface area (Å²) in [5, 5.41) is 2.09. The number of fused-ring (bicyclic) bond motifs is 1. The molecule has 1 atom stereocenters. The Morgan fingerprint density at radius 3 is 2.79 bits per heavy atom. The lowest BCUT2D eigenvalue weighted by Gasteiger charge is -2.10. The number of benzene rings is 1. The fourth-order valence-corrected chi connectivity index (χ4v) is 4.54. The maximum Gasteiger partial charge on any atom is 0.137 e. The van der Waals surface area contributed by atoms with E-state index in [9.17, 15) is 4.39 Å². The summed E-state index contributed by atoms with van der Waals surface area (Å²) in [6, 6.07) is 9.30. The molecule has 0 saturated heterocycles. The summed E-state index contributed by atoms with van der Waals surface area (Å²) in [5.74, 6) is -0.242. The summed E-state index contributed by atoms with van der Waals surface area (Å²) in [4.78, 5) is 1.18. The van der Waals surface area contributed by atoms with Gasteiger partial charge in [0.2, 0.25) is 0 Å². The SMILES string of the molecule is NC(Cc1ccc(F)c(Br)c1)c1cc2sccc2s1. The summed E-state index contributed by atoms with van der Waals surface area (Å²) in [5.41, 5.74) is 7.28. The Morgan fingerprint density at radius 1 is 1.21 bits per heavy atom. The summed E-state index contributed by atoms with van der Waals surface area (Å²) in [6.45, 7) is 0. The molecule has 0 saturated carbocycles. The average molecular weight is 356 g/mol. The van der Waals surface area contributed by atoms with Gasteiger partial charge in [-0.05, 0) is 57.6 Å². The summed E-state index contributed by atoms with van der Waals surface area (Å²) >= 11 is 6.67. The first-order valence-electron chi connectivity index (χ1n) is 5.80. The van der Waals surface area contributed by atoms with E-state index in [-0.39, 0.29) is 11.9 Å². The van der Waals surface area contributed by atoms with Crippen LogP contribution in [0.15, 0.2) is 40.2 Å². The predicted molar refractivity (Wildman–Crippen MR) is 84.4 cm³/mol. The molecule has 3 aromatic rings. The molecule has 0 aliphatic heterocycles. The van der Waals surface area contributed by atoms with E-state index in [1.807, 2.05) is 0 Å². The van der Waals surface area contributed by atoms with Gasteiger partial charge in [-0.1, -0.05) is 6.07 Å². The highest BCUT2D eigenvalue weighted by Gasteiger charge is 2.12. The summed E-state index contributed by atoms with van der Waals surface area (Å²) in [7, 11) is 0. The van der Waals surface area contributed by atoms with E-state index >= 15 is 0 Å². The van der Waals surface area contributed by atoms with E-state index in [4.69, 9.17) is 5.73 Å². The molecule has 0 radical (unpaired) electrons. The van der Waals surface area contributed by atoms with Gasteiger partial charge in [0.1, 0.15) is 5.82 Å². The van der Waals surface area contributed by atoms with E-state index in [0.29, 0.717) is 10.9 Å². The normalized spacial score (nSPS) is 13.0. The highest BCUT2D eigenvalue weighted by Crippen LogP contribution is 2.33. The lowest BCUT2D eigenvalue weighted by molar-refractivity contribution is 0.619. The van der Waals surface area contributed by atoms with E-state index in [0.717, 1.165) is 5.56 Å². The first-order valence-corrected chi connectivity index (χ1v) is 8.29. The highest BCUT2D eigenvalue weighted by molar-refractivity contribution is 9.10. The van der Waals surface area contributed by atoms with E-state index in [2.05, 4.69) is 33.4 Å². The van der Waals surface area contributed by atoms with Gasteiger partial charge >= 0.3 is 0 Å². The molecular weight excluding hydrogens is 345 g/mol. The van der Waals surface area contributed by atoms with Gasteiger partial charge < -0.3 is 5.73 Å². The Hall–Kier alpha value is -0.750. The molecular formula is C14H11BrFNS2. The second-order valence-corrected chi connectivity index (χ2v) is 7.27. The minimum atomic E-state index is -0.242. The first kappa shape index (κ1) is 13.2. The van der Waals surface area contributed by atoms with E-state index in [1.165, 1.54) is 20.3 Å². The zero-order valence-corrected chi connectivity index (χ0v) is 13.1. The van der Waals surface area contributed by atoms with Crippen molar-refractivity contribution in [3.05, 3.63) is 56.4 Å². The highest BCUT2D eigenvalue weighted by atomic mass is 79.9. The number of hydrogen-bond acceptors (Lipinski definition) is 3. The lowest BCUT2D eigenvalue weighted by atomic mass is 10.1. The summed E-state index contributed by atoms with van der Waals surface area (Å²) < 4.78 is 16.2. The quantitative estimate of drug-likeness (QED) is 0.694. The molecule has 5 heteroatoms.